The fourth-order valence-corrected chi connectivity index (χ4v) is 4.29. The molecule has 1 amide bonds. The van der Waals surface area contributed by atoms with Gasteiger partial charge in [0.1, 0.15) is 11.4 Å². The average Bonchev–Trinajstić information content (AvgIpc) is 2.84. The van der Waals surface area contributed by atoms with Crippen molar-refractivity contribution in [3.63, 3.8) is 0 Å². The van der Waals surface area contributed by atoms with Crippen LogP contribution in [0.25, 0.3) is 0 Å². The standard InChI is InChI=1S/C14H15ClFNO5S/c1-17(9-5-6-23(20,21)8-9)12(18)7-22-14(19)13-10(15)3-2-4-11(13)16/h2-4,9H,5-8H2,1H3/t9-/m1/s1. The highest BCUT2D eigenvalue weighted by molar-refractivity contribution is 7.91. The summed E-state index contributed by atoms with van der Waals surface area (Å²) in [6.07, 6.45) is 0.345. The molecule has 2 rings (SSSR count). The molecule has 1 aromatic rings. The van der Waals surface area contributed by atoms with Crippen LogP contribution < -0.4 is 0 Å². The minimum Gasteiger partial charge on any atom is -0.452 e. The van der Waals surface area contributed by atoms with E-state index in [1.807, 2.05) is 0 Å². The summed E-state index contributed by atoms with van der Waals surface area (Å²) in [6, 6.07) is 3.29. The van der Waals surface area contributed by atoms with Gasteiger partial charge < -0.3 is 9.64 Å². The van der Waals surface area contributed by atoms with E-state index in [9.17, 15) is 22.4 Å². The molecule has 0 spiro atoms. The van der Waals surface area contributed by atoms with Crippen LogP contribution in [0.3, 0.4) is 0 Å². The van der Waals surface area contributed by atoms with Crippen molar-refractivity contribution in [1.29, 1.82) is 0 Å². The van der Waals surface area contributed by atoms with Gasteiger partial charge in [0.25, 0.3) is 5.91 Å². The summed E-state index contributed by atoms with van der Waals surface area (Å²) < 4.78 is 41.2. The molecule has 1 atom stereocenters. The Bertz CT molecular complexity index is 716. The summed E-state index contributed by atoms with van der Waals surface area (Å²) in [4.78, 5) is 25.0. The van der Waals surface area contributed by atoms with Gasteiger partial charge in [0.05, 0.1) is 16.5 Å². The normalized spacial score (nSPS) is 19.3. The summed E-state index contributed by atoms with van der Waals surface area (Å²) in [6.45, 7) is -0.615. The molecule has 0 radical (unpaired) electrons. The highest BCUT2D eigenvalue weighted by atomic mass is 35.5. The van der Waals surface area contributed by atoms with E-state index < -0.39 is 45.7 Å². The van der Waals surface area contributed by atoms with E-state index in [0.717, 1.165) is 6.07 Å². The van der Waals surface area contributed by atoms with E-state index in [1.54, 1.807) is 0 Å². The van der Waals surface area contributed by atoms with Gasteiger partial charge in [0.15, 0.2) is 16.4 Å². The molecule has 0 aliphatic carbocycles. The van der Waals surface area contributed by atoms with Crippen LogP contribution in [0, 0.1) is 5.82 Å². The van der Waals surface area contributed by atoms with Crippen LogP contribution in [-0.2, 0) is 19.4 Å². The summed E-state index contributed by atoms with van der Waals surface area (Å²) in [5, 5.41) is -0.113. The van der Waals surface area contributed by atoms with Crippen LogP contribution in [0.2, 0.25) is 5.02 Å². The second-order valence-electron chi connectivity index (χ2n) is 5.23. The molecule has 1 aliphatic rings. The van der Waals surface area contributed by atoms with Crippen LogP contribution in [0.5, 0.6) is 0 Å². The second kappa shape index (κ2) is 6.84. The Hall–Kier alpha value is -1.67. The van der Waals surface area contributed by atoms with Gasteiger partial charge in [-0.05, 0) is 18.6 Å². The minimum atomic E-state index is -3.13. The van der Waals surface area contributed by atoms with Crippen LogP contribution in [-0.4, -0.2) is 56.4 Å². The Morgan fingerprint density at radius 2 is 2.13 bits per heavy atom. The number of rotatable bonds is 4. The lowest BCUT2D eigenvalue weighted by molar-refractivity contribution is -0.134. The molecule has 1 fully saturated rings. The molecule has 0 unspecified atom stereocenters. The van der Waals surface area contributed by atoms with Gasteiger partial charge in [0.2, 0.25) is 0 Å². The van der Waals surface area contributed by atoms with Crippen LogP contribution in [0.4, 0.5) is 4.39 Å². The molecule has 6 nitrogen and oxygen atoms in total. The third-order valence-corrected chi connectivity index (χ3v) is 5.71. The van der Waals surface area contributed by atoms with Crippen molar-refractivity contribution < 1.29 is 27.1 Å². The summed E-state index contributed by atoms with van der Waals surface area (Å²) >= 11 is 5.73. The van der Waals surface area contributed by atoms with Crippen molar-refractivity contribution in [1.82, 2.24) is 4.90 Å². The number of hydrogen-bond acceptors (Lipinski definition) is 5. The average molecular weight is 364 g/mol. The number of ether oxygens (including phenoxy) is 1. The topological polar surface area (TPSA) is 80.8 Å². The Balaban J connectivity index is 1.95. The Morgan fingerprint density at radius 1 is 1.43 bits per heavy atom. The second-order valence-corrected chi connectivity index (χ2v) is 7.87. The first-order chi connectivity index (χ1) is 10.7. The van der Waals surface area contributed by atoms with Crippen LogP contribution >= 0.6 is 11.6 Å². The van der Waals surface area contributed by atoms with Gasteiger partial charge in [-0.1, -0.05) is 17.7 Å². The Labute approximate surface area is 138 Å². The predicted molar refractivity (Wildman–Crippen MR) is 81.5 cm³/mol. The van der Waals surface area contributed by atoms with Crippen molar-refractivity contribution in [3.05, 3.63) is 34.6 Å². The third-order valence-electron chi connectivity index (χ3n) is 3.64. The van der Waals surface area contributed by atoms with Gasteiger partial charge in [0, 0.05) is 13.1 Å². The number of benzene rings is 1. The highest BCUT2D eigenvalue weighted by Gasteiger charge is 2.33. The SMILES string of the molecule is CN(C(=O)COC(=O)c1c(F)cccc1Cl)[C@@H]1CCS(=O)(=O)C1. The molecular formula is C14H15ClFNO5S. The maximum atomic E-state index is 13.6. The lowest BCUT2D eigenvalue weighted by atomic mass is 10.2. The maximum Gasteiger partial charge on any atom is 0.343 e. The first-order valence-electron chi connectivity index (χ1n) is 6.78. The number of nitrogens with zero attached hydrogens (tertiary/aromatic N) is 1. The number of amides is 1. The molecule has 0 saturated carbocycles. The largest absolute Gasteiger partial charge is 0.452 e. The van der Waals surface area contributed by atoms with Gasteiger partial charge >= 0.3 is 5.97 Å². The van der Waals surface area contributed by atoms with E-state index in [-0.39, 0.29) is 16.5 Å². The molecule has 1 aliphatic heterocycles. The number of carbonyl (C=O) groups is 2. The number of sulfone groups is 1. The number of carbonyl (C=O) groups excluding carboxylic acids is 2. The minimum absolute atomic E-state index is 0.0277. The molecule has 1 heterocycles. The number of hydrogen-bond donors (Lipinski definition) is 0. The quantitative estimate of drug-likeness (QED) is 0.753. The lowest BCUT2D eigenvalue weighted by Crippen LogP contribution is -2.40. The smallest absolute Gasteiger partial charge is 0.343 e. The molecular weight excluding hydrogens is 349 g/mol. The van der Waals surface area contributed by atoms with Crippen molar-refractivity contribution in [2.75, 3.05) is 25.2 Å². The maximum absolute atomic E-state index is 13.6. The van der Waals surface area contributed by atoms with Crippen molar-refractivity contribution >= 4 is 33.3 Å². The molecule has 0 N–H and O–H groups in total. The van der Waals surface area contributed by atoms with Gasteiger partial charge in [-0.15, -0.1) is 0 Å². The van der Waals surface area contributed by atoms with E-state index in [0.29, 0.717) is 6.42 Å². The van der Waals surface area contributed by atoms with Crippen molar-refractivity contribution in [3.8, 4) is 0 Å². The molecule has 126 valence electrons. The van der Waals surface area contributed by atoms with E-state index in [1.165, 1.54) is 24.1 Å². The fourth-order valence-electron chi connectivity index (χ4n) is 2.28. The monoisotopic (exact) mass is 363 g/mol. The van der Waals surface area contributed by atoms with Crippen LogP contribution in [0.15, 0.2) is 18.2 Å². The van der Waals surface area contributed by atoms with Gasteiger partial charge in [-0.25, -0.2) is 17.6 Å². The van der Waals surface area contributed by atoms with E-state index >= 15 is 0 Å². The van der Waals surface area contributed by atoms with E-state index in [4.69, 9.17) is 16.3 Å². The zero-order chi connectivity index (χ0) is 17.2. The zero-order valence-corrected chi connectivity index (χ0v) is 13.9. The highest BCUT2D eigenvalue weighted by Crippen LogP contribution is 2.20. The first kappa shape index (κ1) is 17.7. The number of likely N-dealkylation sites (N-methyl/N-ethyl adjacent to an activating group) is 1. The molecule has 9 heteroatoms. The van der Waals surface area contributed by atoms with Crippen LogP contribution in [0.1, 0.15) is 16.8 Å². The van der Waals surface area contributed by atoms with E-state index in [2.05, 4.69) is 0 Å². The molecule has 0 aromatic heterocycles. The van der Waals surface area contributed by atoms with Crippen molar-refractivity contribution in [2.45, 2.75) is 12.5 Å². The number of halogens is 2. The summed E-state index contributed by atoms with van der Waals surface area (Å²) in [5.74, 6) is -2.53. The molecule has 23 heavy (non-hydrogen) atoms. The van der Waals surface area contributed by atoms with Gasteiger partial charge in [-0.3, -0.25) is 4.79 Å². The van der Waals surface area contributed by atoms with Crippen molar-refractivity contribution in [2.24, 2.45) is 0 Å². The lowest BCUT2D eigenvalue weighted by Gasteiger charge is -2.23. The zero-order valence-electron chi connectivity index (χ0n) is 12.3. The Morgan fingerprint density at radius 3 is 2.70 bits per heavy atom. The summed E-state index contributed by atoms with van der Waals surface area (Å²) in [5.41, 5.74) is -0.437. The first-order valence-corrected chi connectivity index (χ1v) is 8.98. The summed E-state index contributed by atoms with van der Waals surface area (Å²) in [7, 11) is -1.69. The van der Waals surface area contributed by atoms with Gasteiger partial charge in [-0.2, -0.15) is 0 Å². The molecule has 1 aromatic carbocycles. The third kappa shape index (κ3) is 4.20. The number of esters is 1. The molecule has 1 saturated heterocycles. The predicted octanol–water partition coefficient (Wildman–Crippen LogP) is 1.28. The fraction of sp³-hybridized carbons (Fsp3) is 0.429. The Kier molecular flexibility index (Phi) is 5.26. The molecule has 0 bridgehead atoms.